The first-order valence-electron chi connectivity index (χ1n) is 8.22. The molecule has 0 atom stereocenters. The van der Waals surface area contributed by atoms with E-state index in [0.29, 0.717) is 6.54 Å². The largest absolute Gasteiger partial charge is 0.452 e. The van der Waals surface area contributed by atoms with Gasteiger partial charge in [-0.15, -0.1) is 0 Å². The SMILES string of the molecule is O=C(COC(=O)c1ccc(NCc2ccccc2)c([N+](=O)[O-])c1)NCC(F)(F)F. The van der Waals surface area contributed by atoms with E-state index in [2.05, 4.69) is 10.1 Å². The van der Waals surface area contributed by atoms with Crippen LogP contribution in [-0.4, -0.2) is 36.1 Å². The number of esters is 1. The Morgan fingerprint density at radius 2 is 1.79 bits per heavy atom. The number of hydrogen-bond acceptors (Lipinski definition) is 6. The molecule has 0 radical (unpaired) electrons. The molecule has 0 heterocycles. The lowest BCUT2D eigenvalue weighted by molar-refractivity contribution is -0.384. The van der Waals surface area contributed by atoms with Crippen molar-refractivity contribution in [3.8, 4) is 0 Å². The Morgan fingerprint density at radius 1 is 1.10 bits per heavy atom. The third-order valence-corrected chi connectivity index (χ3v) is 3.58. The van der Waals surface area contributed by atoms with Crippen molar-refractivity contribution in [3.05, 3.63) is 69.8 Å². The maximum Gasteiger partial charge on any atom is 0.405 e. The maximum absolute atomic E-state index is 12.0. The summed E-state index contributed by atoms with van der Waals surface area (Å²) in [6.45, 7) is -2.20. The number of carbonyl (C=O) groups is 2. The highest BCUT2D eigenvalue weighted by atomic mass is 19.4. The van der Waals surface area contributed by atoms with Gasteiger partial charge in [0.2, 0.25) is 0 Å². The summed E-state index contributed by atoms with van der Waals surface area (Å²) in [4.78, 5) is 33.8. The zero-order valence-corrected chi connectivity index (χ0v) is 14.9. The third-order valence-electron chi connectivity index (χ3n) is 3.58. The molecule has 154 valence electrons. The van der Waals surface area contributed by atoms with Crippen LogP contribution in [-0.2, 0) is 16.1 Å². The summed E-state index contributed by atoms with van der Waals surface area (Å²) in [7, 11) is 0. The normalized spacial score (nSPS) is 10.9. The fraction of sp³-hybridized carbons (Fsp3) is 0.222. The van der Waals surface area contributed by atoms with Crippen molar-refractivity contribution < 1.29 is 32.4 Å². The molecule has 11 heteroatoms. The highest BCUT2D eigenvalue weighted by molar-refractivity contribution is 5.93. The molecular weight excluding hydrogens is 395 g/mol. The number of ether oxygens (including phenoxy) is 1. The average Bonchev–Trinajstić information content (AvgIpc) is 2.69. The molecule has 0 unspecified atom stereocenters. The molecule has 2 N–H and O–H groups in total. The summed E-state index contributed by atoms with van der Waals surface area (Å²) in [5.74, 6) is -2.23. The number of benzene rings is 2. The minimum atomic E-state index is -4.59. The molecule has 2 aromatic carbocycles. The molecule has 0 saturated carbocycles. The second-order valence-corrected chi connectivity index (χ2v) is 5.80. The van der Waals surface area contributed by atoms with Crippen LogP contribution in [0.25, 0.3) is 0 Å². The molecular formula is C18H16F3N3O5. The van der Waals surface area contributed by atoms with Crippen LogP contribution in [0.5, 0.6) is 0 Å². The summed E-state index contributed by atoms with van der Waals surface area (Å²) in [5, 5.41) is 15.7. The molecule has 0 aliphatic carbocycles. The Bertz CT molecular complexity index is 888. The smallest absolute Gasteiger partial charge is 0.405 e. The molecule has 0 saturated heterocycles. The van der Waals surface area contributed by atoms with Crippen LogP contribution in [0.15, 0.2) is 48.5 Å². The van der Waals surface area contributed by atoms with E-state index in [0.717, 1.165) is 11.6 Å². The van der Waals surface area contributed by atoms with E-state index in [9.17, 15) is 32.9 Å². The van der Waals surface area contributed by atoms with Crippen molar-refractivity contribution in [2.45, 2.75) is 12.7 Å². The van der Waals surface area contributed by atoms with Crippen molar-refractivity contribution in [1.29, 1.82) is 0 Å². The standard InChI is InChI=1S/C18H16F3N3O5/c19-18(20,21)11-23-16(25)10-29-17(26)13-6-7-14(15(8-13)24(27)28)22-9-12-4-2-1-3-5-12/h1-8,22H,9-11H2,(H,23,25). The molecule has 29 heavy (non-hydrogen) atoms. The number of nitrogens with zero attached hydrogens (tertiary/aromatic N) is 1. The van der Waals surface area contributed by atoms with Crippen molar-refractivity contribution in [1.82, 2.24) is 5.32 Å². The van der Waals surface area contributed by atoms with E-state index >= 15 is 0 Å². The van der Waals surface area contributed by atoms with E-state index in [4.69, 9.17) is 0 Å². The summed E-state index contributed by atoms with van der Waals surface area (Å²) in [6.07, 6.45) is -4.59. The zero-order valence-electron chi connectivity index (χ0n) is 14.9. The van der Waals surface area contributed by atoms with E-state index in [1.807, 2.05) is 30.3 Å². The van der Waals surface area contributed by atoms with Crippen LogP contribution in [0, 0.1) is 10.1 Å². The van der Waals surface area contributed by atoms with Crippen LogP contribution in [0.2, 0.25) is 0 Å². The zero-order chi connectivity index (χ0) is 21.4. The molecule has 0 aliphatic rings. The Labute approximate surface area is 162 Å². The highest BCUT2D eigenvalue weighted by Crippen LogP contribution is 2.26. The number of hydrogen-bond donors (Lipinski definition) is 2. The van der Waals surface area contributed by atoms with Gasteiger partial charge in [0.15, 0.2) is 6.61 Å². The second-order valence-electron chi connectivity index (χ2n) is 5.80. The molecule has 8 nitrogen and oxygen atoms in total. The van der Waals surface area contributed by atoms with E-state index < -0.39 is 41.8 Å². The van der Waals surface area contributed by atoms with Gasteiger partial charge in [0.1, 0.15) is 12.2 Å². The molecule has 0 fully saturated rings. The lowest BCUT2D eigenvalue weighted by atomic mass is 10.1. The van der Waals surface area contributed by atoms with Gasteiger partial charge in [-0.2, -0.15) is 13.2 Å². The lowest BCUT2D eigenvalue weighted by Crippen LogP contribution is -2.36. The highest BCUT2D eigenvalue weighted by Gasteiger charge is 2.28. The topological polar surface area (TPSA) is 111 Å². The van der Waals surface area contributed by atoms with Crippen molar-refractivity contribution in [3.63, 3.8) is 0 Å². The number of anilines is 1. The van der Waals surface area contributed by atoms with Gasteiger partial charge >= 0.3 is 12.1 Å². The molecule has 2 aromatic rings. The Hall–Kier alpha value is -3.63. The van der Waals surface area contributed by atoms with E-state index in [1.54, 1.807) is 5.32 Å². The second kappa shape index (κ2) is 9.53. The Morgan fingerprint density at radius 3 is 2.41 bits per heavy atom. The molecule has 1 amide bonds. The number of alkyl halides is 3. The number of nitrogens with one attached hydrogen (secondary N) is 2. The van der Waals surface area contributed by atoms with Crippen molar-refractivity contribution in [2.24, 2.45) is 0 Å². The predicted molar refractivity (Wildman–Crippen MR) is 96.2 cm³/mol. The van der Waals surface area contributed by atoms with Gasteiger partial charge in [-0.1, -0.05) is 30.3 Å². The molecule has 0 spiro atoms. The number of carbonyl (C=O) groups excluding carboxylic acids is 2. The van der Waals surface area contributed by atoms with Gasteiger partial charge in [0.05, 0.1) is 10.5 Å². The minimum absolute atomic E-state index is 0.165. The van der Waals surface area contributed by atoms with Gasteiger partial charge in [0, 0.05) is 12.6 Å². The van der Waals surface area contributed by atoms with Gasteiger partial charge in [0.25, 0.3) is 11.6 Å². The van der Waals surface area contributed by atoms with Crippen molar-refractivity contribution >= 4 is 23.3 Å². The number of halogens is 3. The fourth-order valence-electron chi connectivity index (χ4n) is 2.22. The Kier molecular flexibility index (Phi) is 7.12. The van der Waals surface area contributed by atoms with Crippen LogP contribution in [0.3, 0.4) is 0 Å². The number of nitro benzene ring substituents is 1. The maximum atomic E-state index is 12.0. The number of nitro groups is 1. The van der Waals surface area contributed by atoms with Crippen LogP contribution in [0.1, 0.15) is 15.9 Å². The number of rotatable bonds is 8. The van der Waals surface area contributed by atoms with E-state index in [1.165, 1.54) is 12.1 Å². The first kappa shape index (κ1) is 21.7. The first-order valence-corrected chi connectivity index (χ1v) is 8.22. The fourth-order valence-corrected chi connectivity index (χ4v) is 2.22. The van der Waals surface area contributed by atoms with E-state index in [-0.39, 0.29) is 11.3 Å². The van der Waals surface area contributed by atoms with Gasteiger partial charge in [-0.25, -0.2) is 4.79 Å². The molecule has 0 aromatic heterocycles. The van der Waals surface area contributed by atoms with Gasteiger partial charge in [-0.3, -0.25) is 14.9 Å². The van der Waals surface area contributed by atoms with Crippen LogP contribution < -0.4 is 10.6 Å². The quantitative estimate of drug-likeness (QED) is 0.393. The third kappa shape index (κ3) is 7.13. The summed E-state index contributed by atoms with van der Waals surface area (Å²) in [6, 6.07) is 12.6. The lowest BCUT2D eigenvalue weighted by Gasteiger charge is -2.10. The minimum Gasteiger partial charge on any atom is -0.452 e. The Balaban J connectivity index is 2.00. The van der Waals surface area contributed by atoms with Crippen LogP contribution >= 0.6 is 0 Å². The monoisotopic (exact) mass is 411 g/mol. The molecule has 0 bridgehead atoms. The van der Waals surface area contributed by atoms with Crippen molar-refractivity contribution in [2.75, 3.05) is 18.5 Å². The summed E-state index contributed by atoms with van der Waals surface area (Å²) in [5.41, 5.74) is 0.441. The molecule has 2 rings (SSSR count). The molecule has 0 aliphatic heterocycles. The van der Waals surface area contributed by atoms with Crippen LogP contribution in [0.4, 0.5) is 24.5 Å². The average molecular weight is 411 g/mol. The first-order chi connectivity index (χ1) is 13.7. The van der Waals surface area contributed by atoms with Gasteiger partial charge in [-0.05, 0) is 17.7 Å². The van der Waals surface area contributed by atoms with Gasteiger partial charge < -0.3 is 15.4 Å². The summed E-state index contributed by atoms with van der Waals surface area (Å²) >= 11 is 0. The number of amides is 1. The predicted octanol–water partition coefficient (Wildman–Crippen LogP) is 3.04. The summed E-state index contributed by atoms with van der Waals surface area (Å²) < 4.78 is 40.6.